The molecule has 18 heavy (non-hydrogen) atoms. The maximum atomic E-state index is 12.4. The Bertz CT molecular complexity index is 422. The summed E-state index contributed by atoms with van der Waals surface area (Å²) < 4.78 is 5.03. The second-order valence-corrected chi connectivity index (χ2v) is 5.01. The first kappa shape index (κ1) is 13.0. The Morgan fingerprint density at radius 1 is 1.33 bits per heavy atom. The van der Waals surface area contributed by atoms with E-state index in [2.05, 4.69) is 0 Å². The number of fused-ring (bicyclic) bond motifs is 2. The van der Waals surface area contributed by atoms with Crippen LogP contribution in [0.25, 0.3) is 0 Å². The molecule has 0 spiro atoms. The Balaban J connectivity index is 2.40. The number of ketones is 2. The van der Waals surface area contributed by atoms with Crippen molar-refractivity contribution in [2.45, 2.75) is 45.4 Å². The number of ether oxygens (including phenoxy) is 1. The van der Waals surface area contributed by atoms with Crippen molar-refractivity contribution < 1.29 is 19.1 Å². The largest absolute Gasteiger partial charge is 0.465 e. The molecule has 4 heteroatoms. The smallest absolute Gasteiger partial charge is 0.320 e. The SMILES string of the molecule is CCOC(=O)C12CCCCCC(=CC(=O)C1)C2=O. The minimum absolute atomic E-state index is 0.0197. The van der Waals surface area contributed by atoms with Crippen molar-refractivity contribution in [3.05, 3.63) is 11.6 Å². The van der Waals surface area contributed by atoms with Gasteiger partial charge in [-0.05, 0) is 37.8 Å². The van der Waals surface area contributed by atoms with Crippen LogP contribution < -0.4 is 0 Å². The number of carbonyl (C=O) groups is 3. The first-order valence-corrected chi connectivity index (χ1v) is 6.55. The van der Waals surface area contributed by atoms with Crippen molar-refractivity contribution in [1.82, 2.24) is 0 Å². The Labute approximate surface area is 106 Å². The third-order valence-electron chi connectivity index (χ3n) is 3.75. The lowest BCUT2D eigenvalue weighted by Gasteiger charge is -2.34. The van der Waals surface area contributed by atoms with Gasteiger partial charge in [0.2, 0.25) is 0 Å². The van der Waals surface area contributed by atoms with Crippen LogP contribution in [0.2, 0.25) is 0 Å². The van der Waals surface area contributed by atoms with Gasteiger partial charge in [0, 0.05) is 6.42 Å². The van der Waals surface area contributed by atoms with Gasteiger partial charge in [0.05, 0.1) is 6.61 Å². The molecule has 98 valence electrons. The highest BCUT2D eigenvalue weighted by Crippen LogP contribution is 2.41. The zero-order valence-electron chi connectivity index (χ0n) is 10.7. The Kier molecular flexibility index (Phi) is 3.64. The number of hydrogen-bond donors (Lipinski definition) is 0. The van der Waals surface area contributed by atoms with Gasteiger partial charge in [-0.15, -0.1) is 0 Å². The minimum atomic E-state index is -1.22. The first-order valence-electron chi connectivity index (χ1n) is 6.55. The molecule has 1 atom stereocenters. The lowest BCUT2D eigenvalue weighted by Crippen LogP contribution is -2.46. The average molecular weight is 250 g/mol. The predicted molar refractivity (Wildman–Crippen MR) is 64.9 cm³/mol. The van der Waals surface area contributed by atoms with Gasteiger partial charge in [-0.25, -0.2) is 0 Å². The van der Waals surface area contributed by atoms with Crippen molar-refractivity contribution in [2.75, 3.05) is 6.61 Å². The third kappa shape index (κ3) is 2.11. The average Bonchev–Trinajstić information content (AvgIpc) is 2.33. The number of rotatable bonds is 2. The van der Waals surface area contributed by atoms with Gasteiger partial charge in [0.15, 0.2) is 11.6 Å². The highest BCUT2D eigenvalue weighted by molar-refractivity contribution is 6.20. The zero-order chi connectivity index (χ0) is 13.2. The molecule has 1 saturated carbocycles. The molecule has 2 aliphatic rings. The fourth-order valence-electron chi connectivity index (χ4n) is 2.84. The van der Waals surface area contributed by atoms with Crippen molar-refractivity contribution >= 4 is 17.5 Å². The molecule has 0 aliphatic heterocycles. The predicted octanol–water partition coefficient (Wildman–Crippen LogP) is 1.97. The van der Waals surface area contributed by atoms with E-state index in [1.54, 1.807) is 6.92 Å². The summed E-state index contributed by atoms with van der Waals surface area (Å²) in [5, 5.41) is 0. The first-order chi connectivity index (χ1) is 8.60. The molecule has 0 radical (unpaired) electrons. The molecule has 0 aromatic rings. The van der Waals surface area contributed by atoms with Crippen molar-refractivity contribution in [3.63, 3.8) is 0 Å². The Hall–Kier alpha value is -1.45. The van der Waals surface area contributed by atoms with E-state index in [1.165, 1.54) is 6.08 Å². The summed E-state index contributed by atoms with van der Waals surface area (Å²) in [6, 6.07) is 0. The molecule has 2 aliphatic carbocycles. The van der Waals surface area contributed by atoms with Gasteiger partial charge >= 0.3 is 5.97 Å². The van der Waals surface area contributed by atoms with Gasteiger partial charge in [-0.2, -0.15) is 0 Å². The van der Waals surface area contributed by atoms with E-state index in [4.69, 9.17) is 4.74 Å². The normalized spacial score (nSPS) is 28.2. The van der Waals surface area contributed by atoms with Crippen LogP contribution in [0.3, 0.4) is 0 Å². The van der Waals surface area contributed by atoms with Crippen LogP contribution in [0.1, 0.15) is 45.4 Å². The fourth-order valence-corrected chi connectivity index (χ4v) is 2.84. The van der Waals surface area contributed by atoms with Crippen molar-refractivity contribution in [3.8, 4) is 0 Å². The summed E-state index contributed by atoms with van der Waals surface area (Å²) in [7, 11) is 0. The molecule has 0 aromatic carbocycles. The number of Topliss-reactive ketones (excluding diaryl/α,β-unsaturated/α-hetero) is 1. The Morgan fingerprint density at radius 3 is 2.83 bits per heavy atom. The van der Waals surface area contributed by atoms with Crippen LogP contribution in [0, 0.1) is 5.41 Å². The van der Waals surface area contributed by atoms with E-state index in [-0.39, 0.29) is 24.6 Å². The molecule has 0 saturated heterocycles. The zero-order valence-corrected chi connectivity index (χ0v) is 10.7. The van der Waals surface area contributed by atoms with E-state index in [0.29, 0.717) is 18.4 Å². The molecule has 0 heterocycles. The van der Waals surface area contributed by atoms with Crippen LogP contribution in [-0.2, 0) is 19.1 Å². The summed E-state index contributed by atoms with van der Waals surface area (Å²) >= 11 is 0. The van der Waals surface area contributed by atoms with Gasteiger partial charge in [-0.3, -0.25) is 14.4 Å². The lowest BCUT2D eigenvalue weighted by molar-refractivity contribution is -0.162. The second kappa shape index (κ2) is 5.04. The molecule has 1 unspecified atom stereocenters. The van der Waals surface area contributed by atoms with E-state index < -0.39 is 11.4 Å². The number of hydrogen-bond acceptors (Lipinski definition) is 4. The minimum Gasteiger partial charge on any atom is -0.465 e. The maximum Gasteiger partial charge on any atom is 0.320 e. The highest BCUT2D eigenvalue weighted by atomic mass is 16.5. The quantitative estimate of drug-likeness (QED) is 0.555. The summed E-state index contributed by atoms with van der Waals surface area (Å²) in [5.74, 6) is -0.823. The molecule has 1 fully saturated rings. The molecule has 0 N–H and O–H groups in total. The third-order valence-corrected chi connectivity index (χ3v) is 3.75. The van der Waals surface area contributed by atoms with Crippen LogP contribution in [0.15, 0.2) is 11.6 Å². The summed E-state index contributed by atoms with van der Waals surface area (Å²) in [6.07, 6.45) is 5.13. The van der Waals surface area contributed by atoms with E-state index in [9.17, 15) is 14.4 Å². The number of carbonyl (C=O) groups excluding carboxylic acids is 3. The van der Waals surface area contributed by atoms with Gasteiger partial charge < -0.3 is 4.74 Å². The summed E-state index contributed by atoms with van der Waals surface area (Å²) in [6.45, 7) is 1.95. The number of esters is 1. The molecule has 4 nitrogen and oxygen atoms in total. The van der Waals surface area contributed by atoms with Gasteiger partial charge in [-0.1, -0.05) is 12.8 Å². The van der Waals surface area contributed by atoms with Gasteiger partial charge in [0.25, 0.3) is 0 Å². The monoisotopic (exact) mass is 250 g/mol. The van der Waals surface area contributed by atoms with Crippen LogP contribution >= 0.6 is 0 Å². The van der Waals surface area contributed by atoms with E-state index in [1.807, 2.05) is 0 Å². The fraction of sp³-hybridized carbons (Fsp3) is 0.643. The van der Waals surface area contributed by atoms with E-state index in [0.717, 1.165) is 19.3 Å². The lowest BCUT2D eigenvalue weighted by atomic mass is 9.67. The molecule has 2 rings (SSSR count). The highest BCUT2D eigenvalue weighted by Gasteiger charge is 2.51. The molecule has 2 bridgehead atoms. The topological polar surface area (TPSA) is 60.4 Å². The second-order valence-electron chi connectivity index (χ2n) is 5.01. The summed E-state index contributed by atoms with van der Waals surface area (Å²) in [4.78, 5) is 36.3. The van der Waals surface area contributed by atoms with Crippen LogP contribution in [0.4, 0.5) is 0 Å². The van der Waals surface area contributed by atoms with Crippen molar-refractivity contribution in [2.24, 2.45) is 5.41 Å². The van der Waals surface area contributed by atoms with Crippen LogP contribution in [0.5, 0.6) is 0 Å². The number of allylic oxidation sites excluding steroid dienone is 2. The van der Waals surface area contributed by atoms with Crippen molar-refractivity contribution in [1.29, 1.82) is 0 Å². The summed E-state index contributed by atoms with van der Waals surface area (Å²) in [5.41, 5.74) is -0.712. The maximum absolute atomic E-state index is 12.4. The van der Waals surface area contributed by atoms with Gasteiger partial charge in [0.1, 0.15) is 5.41 Å². The molecule has 0 aromatic heterocycles. The molecular weight excluding hydrogens is 232 g/mol. The van der Waals surface area contributed by atoms with E-state index >= 15 is 0 Å². The van der Waals surface area contributed by atoms with Crippen LogP contribution in [-0.4, -0.2) is 24.1 Å². The molecular formula is C14H18O4. The Morgan fingerprint density at radius 2 is 2.11 bits per heavy atom. The standard InChI is InChI=1S/C14H18O4/c1-2-18-13(17)14-7-5-3-4-6-10(12(14)16)8-11(15)9-14/h8H,2-7,9H2,1H3. The molecule has 0 amide bonds.